The van der Waals surface area contributed by atoms with Crippen LogP contribution in [0.15, 0.2) is 38.4 Å². The summed E-state index contributed by atoms with van der Waals surface area (Å²) in [4.78, 5) is 4.64. The fraction of sp³-hybridized carbons (Fsp3) is 0.353. The molecule has 5 nitrogen and oxygen atoms in total. The van der Waals surface area contributed by atoms with E-state index in [1.54, 1.807) is 25.6 Å². The fourth-order valence-electron chi connectivity index (χ4n) is 2.15. The molecule has 0 saturated carbocycles. The SMILES string of the molecule is CCNC(=NCc1cc(Br)c(OC)c(OC)c1)NCc1ccsc1. The minimum atomic E-state index is 0.540. The minimum Gasteiger partial charge on any atom is -0.493 e. The van der Waals surface area contributed by atoms with E-state index < -0.39 is 0 Å². The van der Waals surface area contributed by atoms with Gasteiger partial charge in [0, 0.05) is 13.1 Å². The number of hydrogen-bond donors (Lipinski definition) is 2. The molecule has 0 saturated heterocycles. The molecule has 0 spiro atoms. The van der Waals surface area contributed by atoms with Gasteiger partial charge < -0.3 is 20.1 Å². The molecule has 24 heavy (non-hydrogen) atoms. The summed E-state index contributed by atoms with van der Waals surface area (Å²) >= 11 is 5.20. The number of thiophene rings is 1. The zero-order valence-corrected chi connectivity index (χ0v) is 16.5. The Balaban J connectivity index is 2.08. The van der Waals surface area contributed by atoms with Crippen LogP contribution in [-0.4, -0.2) is 26.7 Å². The third-order valence-electron chi connectivity index (χ3n) is 3.30. The van der Waals surface area contributed by atoms with Crippen LogP contribution in [0.5, 0.6) is 11.5 Å². The molecule has 2 rings (SSSR count). The predicted octanol–water partition coefficient (Wildman–Crippen LogP) is 3.78. The van der Waals surface area contributed by atoms with E-state index in [4.69, 9.17) is 9.47 Å². The Kier molecular flexibility index (Phi) is 7.39. The Morgan fingerprint density at radius 1 is 1.21 bits per heavy atom. The molecule has 1 heterocycles. The molecule has 2 aromatic rings. The zero-order valence-electron chi connectivity index (χ0n) is 14.1. The van der Waals surface area contributed by atoms with Crippen molar-refractivity contribution >= 4 is 33.2 Å². The summed E-state index contributed by atoms with van der Waals surface area (Å²) in [5, 5.41) is 10.8. The molecule has 1 aromatic heterocycles. The maximum Gasteiger partial charge on any atom is 0.191 e. The average molecular weight is 412 g/mol. The molecule has 0 aliphatic heterocycles. The molecular formula is C17H22BrN3O2S. The summed E-state index contributed by atoms with van der Waals surface area (Å²) in [5.41, 5.74) is 2.28. The highest BCUT2D eigenvalue weighted by Gasteiger charge is 2.10. The fourth-order valence-corrected chi connectivity index (χ4v) is 3.47. The minimum absolute atomic E-state index is 0.540. The molecule has 0 aliphatic rings. The first-order chi connectivity index (χ1) is 11.7. The van der Waals surface area contributed by atoms with Gasteiger partial charge in [0.15, 0.2) is 17.5 Å². The van der Waals surface area contributed by atoms with Gasteiger partial charge in [0.25, 0.3) is 0 Å². The quantitative estimate of drug-likeness (QED) is 0.537. The lowest BCUT2D eigenvalue weighted by atomic mass is 10.2. The summed E-state index contributed by atoms with van der Waals surface area (Å²) in [6.45, 7) is 4.16. The average Bonchev–Trinajstić information content (AvgIpc) is 3.10. The van der Waals surface area contributed by atoms with Crippen molar-refractivity contribution in [1.82, 2.24) is 10.6 Å². The molecular weight excluding hydrogens is 390 g/mol. The second kappa shape index (κ2) is 9.54. The summed E-state index contributed by atoms with van der Waals surface area (Å²) in [5.74, 6) is 2.16. The van der Waals surface area contributed by atoms with Crippen LogP contribution < -0.4 is 20.1 Å². The van der Waals surface area contributed by atoms with E-state index >= 15 is 0 Å². The van der Waals surface area contributed by atoms with Crippen LogP contribution >= 0.6 is 27.3 Å². The molecule has 0 bridgehead atoms. The number of nitrogens with zero attached hydrogens (tertiary/aromatic N) is 1. The van der Waals surface area contributed by atoms with Gasteiger partial charge in [-0.05, 0) is 62.9 Å². The van der Waals surface area contributed by atoms with Crippen molar-refractivity contribution in [3.63, 3.8) is 0 Å². The van der Waals surface area contributed by atoms with Crippen molar-refractivity contribution in [3.8, 4) is 11.5 Å². The van der Waals surface area contributed by atoms with Crippen molar-refractivity contribution < 1.29 is 9.47 Å². The third kappa shape index (κ3) is 5.14. The van der Waals surface area contributed by atoms with E-state index in [-0.39, 0.29) is 0 Å². The van der Waals surface area contributed by atoms with Crippen LogP contribution in [0.25, 0.3) is 0 Å². The summed E-state index contributed by atoms with van der Waals surface area (Å²) in [6.07, 6.45) is 0. The molecule has 2 N–H and O–H groups in total. The number of ether oxygens (including phenoxy) is 2. The Hall–Kier alpha value is -1.73. The lowest BCUT2D eigenvalue weighted by molar-refractivity contribution is 0.352. The first-order valence-electron chi connectivity index (χ1n) is 7.61. The molecule has 130 valence electrons. The maximum absolute atomic E-state index is 5.37. The number of aliphatic imine (C=N–C) groups is 1. The number of methoxy groups -OCH3 is 2. The van der Waals surface area contributed by atoms with Crippen LogP contribution in [0.1, 0.15) is 18.1 Å². The summed E-state index contributed by atoms with van der Waals surface area (Å²) in [7, 11) is 3.25. The van der Waals surface area contributed by atoms with Gasteiger partial charge in [-0.1, -0.05) is 0 Å². The molecule has 0 aliphatic carbocycles. The maximum atomic E-state index is 5.37. The second-order valence-electron chi connectivity index (χ2n) is 4.99. The van der Waals surface area contributed by atoms with Crippen molar-refractivity contribution in [3.05, 3.63) is 44.6 Å². The number of hydrogen-bond acceptors (Lipinski definition) is 4. The van der Waals surface area contributed by atoms with Crippen LogP contribution in [0.3, 0.4) is 0 Å². The van der Waals surface area contributed by atoms with Crippen LogP contribution in [0, 0.1) is 0 Å². The lowest BCUT2D eigenvalue weighted by Crippen LogP contribution is -2.36. The van der Waals surface area contributed by atoms with Gasteiger partial charge in [0.05, 0.1) is 25.2 Å². The van der Waals surface area contributed by atoms with Crippen molar-refractivity contribution in [1.29, 1.82) is 0 Å². The second-order valence-corrected chi connectivity index (χ2v) is 6.63. The smallest absolute Gasteiger partial charge is 0.191 e. The van der Waals surface area contributed by atoms with E-state index in [0.717, 1.165) is 29.1 Å². The van der Waals surface area contributed by atoms with E-state index in [0.29, 0.717) is 18.0 Å². The summed E-state index contributed by atoms with van der Waals surface area (Å²) in [6, 6.07) is 6.04. The molecule has 0 fully saturated rings. The topological polar surface area (TPSA) is 54.9 Å². The van der Waals surface area contributed by atoms with Crippen LogP contribution in [0.2, 0.25) is 0 Å². The number of nitrogens with one attached hydrogen (secondary N) is 2. The lowest BCUT2D eigenvalue weighted by Gasteiger charge is -2.13. The predicted molar refractivity (Wildman–Crippen MR) is 103 cm³/mol. The first kappa shape index (κ1) is 18.6. The first-order valence-corrected chi connectivity index (χ1v) is 9.35. The van der Waals surface area contributed by atoms with Crippen molar-refractivity contribution in [2.45, 2.75) is 20.0 Å². The highest BCUT2D eigenvalue weighted by atomic mass is 79.9. The van der Waals surface area contributed by atoms with Gasteiger partial charge in [0.2, 0.25) is 0 Å². The monoisotopic (exact) mass is 411 g/mol. The van der Waals surface area contributed by atoms with Crippen molar-refractivity contribution in [2.24, 2.45) is 4.99 Å². The van der Waals surface area contributed by atoms with Crippen molar-refractivity contribution in [2.75, 3.05) is 20.8 Å². The number of guanidine groups is 1. The van der Waals surface area contributed by atoms with E-state index in [1.807, 2.05) is 12.1 Å². The van der Waals surface area contributed by atoms with Gasteiger partial charge in [-0.2, -0.15) is 11.3 Å². The molecule has 0 amide bonds. The highest BCUT2D eigenvalue weighted by molar-refractivity contribution is 9.10. The van der Waals surface area contributed by atoms with Crippen LogP contribution in [0.4, 0.5) is 0 Å². The zero-order chi connectivity index (χ0) is 17.4. The Morgan fingerprint density at radius 3 is 2.67 bits per heavy atom. The largest absolute Gasteiger partial charge is 0.493 e. The molecule has 1 aromatic carbocycles. The van der Waals surface area contributed by atoms with E-state index in [9.17, 15) is 0 Å². The highest BCUT2D eigenvalue weighted by Crippen LogP contribution is 2.36. The Morgan fingerprint density at radius 2 is 2.04 bits per heavy atom. The van der Waals surface area contributed by atoms with Gasteiger partial charge in [-0.15, -0.1) is 0 Å². The Labute approximate surface area is 155 Å². The van der Waals surface area contributed by atoms with Gasteiger partial charge in [0.1, 0.15) is 0 Å². The molecule has 0 unspecified atom stereocenters. The van der Waals surface area contributed by atoms with E-state index in [1.165, 1.54) is 5.56 Å². The van der Waals surface area contributed by atoms with E-state index in [2.05, 4.69) is 55.3 Å². The van der Waals surface area contributed by atoms with Gasteiger partial charge in [-0.25, -0.2) is 4.99 Å². The standard InChI is InChI=1S/C17H22BrN3O2S/c1-4-19-17(20-9-12-5-6-24-11-12)21-10-13-7-14(18)16(23-3)15(8-13)22-2/h5-8,11H,4,9-10H2,1-3H3,(H2,19,20,21). The number of halogens is 1. The number of rotatable bonds is 7. The normalized spacial score (nSPS) is 11.2. The summed E-state index contributed by atoms with van der Waals surface area (Å²) < 4.78 is 11.6. The van der Waals surface area contributed by atoms with Gasteiger partial charge >= 0.3 is 0 Å². The Bertz CT molecular complexity index is 675. The van der Waals surface area contributed by atoms with Gasteiger partial charge in [-0.3, -0.25) is 0 Å². The molecule has 0 radical (unpaired) electrons. The third-order valence-corrected chi connectivity index (χ3v) is 4.62. The molecule has 0 atom stereocenters. The number of benzene rings is 1. The molecule has 7 heteroatoms. The van der Waals surface area contributed by atoms with Crippen LogP contribution in [-0.2, 0) is 13.1 Å².